The number of nitrogen functional groups attached to an aromatic ring is 1. The van der Waals surface area contributed by atoms with Crippen molar-refractivity contribution in [3.05, 3.63) is 32.5 Å². The van der Waals surface area contributed by atoms with Gasteiger partial charge in [0.2, 0.25) is 0 Å². The van der Waals surface area contributed by atoms with E-state index in [0.717, 1.165) is 5.56 Å². The average Bonchev–Trinajstić information content (AvgIpc) is 2.68. The highest BCUT2D eigenvalue weighted by Gasteiger charge is 2.05. The number of hydrogen-bond acceptors (Lipinski definition) is 6. The number of aromatic nitrogens is 3. The molecule has 0 aliphatic heterocycles. The number of anilines is 1. The molecule has 2 aromatic rings. The number of phenolic OH excluding ortho intramolecular Hbond substituents is 1. The number of nitrogens with two attached hydrogens (primary N) is 1. The fraction of sp³-hybridized carbons (Fsp3) is 0.100. The van der Waals surface area contributed by atoms with E-state index in [1.54, 1.807) is 25.3 Å². The molecule has 2 rings (SSSR count). The number of benzene rings is 1. The molecular weight excluding hydrogens is 380 g/mol. The first-order valence-corrected chi connectivity index (χ1v) is 6.72. The van der Waals surface area contributed by atoms with Gasteiger partial charge in [-0.25, -0.2) is 10.1 Å². The summed E-state index contributed by atoms with van der Waals surface area (Å²) in [4.78, 5) is 0. The van der Waals surface area contributed by atoms with Crippen LogP contribution in [0.5, 0.6) is 5.75 Å². The summed E-state index contributed by atoms with van der Waals surface area (Å²) in [7, 11) is 0. The smallest absolute Gasteiger partial charge is 0.263 e. The van der Waals surface area contributed by atoms with E-state index in [-0.39, 0.29) is 5.75 Å². The quantitative estimate of drug-likeness (QED) is 0.423. The maximum absolute atomic E-state index is 9.58. The van der Waals surface area contributed by atoms with Gasteiger partial charge in [-0.1, -0.05) is 0 Å². The van der Waals surface area contributed by atoms with E-state index in [2.05, 4.69) is 52.6 Å². The van der Waals surface area contributed by atoms with Crippen LogP contribution >= 0.6 is 31.9 Å². The van der Waals surface area contributed by atoms with Crippen molar-refractivity contribution < 1.29 is 5.11 Å². The molecule has 0 saturated carbocycles. The van der Waals surface area contributed by atoms with E-state index in [1.807, 2.05) is 0 Å². The van der Waals surface area contributed by atoms with Gasteiger partial charge in [-0.2, -0.15) is 5.10 Å². The molecule has 0 unspecified atom stereocenters. The molecule has 0 bridgehead atoms. The SMILES string of the molecule is Cc1nnc(NN=Cc2cc(Br)c(O)c(Br)c2)n1N. The summed E-state index contributed by atoms with van der Waals surface area (Å²) >= 11 is 6.48. The van der Waals surface area contributed by atoms with Crippen LogP contribution in [-0.4, -0.2) is 26.2 Å². The zero-order valence-electron chi connectivity index (χ0n) is 9.80. The molecule has 4 N–H and O–H groups in total. The van der Waals surface area contributed by atoms with Crippen molar-refractivity contribution in [2.75, 3.05) is 11.3 Å². The Hall–Kier alpha value is -1.61. The fourth-order valence-electron chi connectivity index (χ4n) is 1.27. The number of aryl methyl sites for hydroxylation is 1. The Labute approximate surface area is 125 Å². The van der Waals surface area contributed by atoms with E-state index >= 15 is 0 Å². The van der Waals surface area contributed by atoms with Crippen LogP contribution in [0.2, 0.25) is 0 Å². The molecule has 0 radical (unpaired) electrons. The molecule has 0 fully saturated rings. The summed E-state index contributed by atoms with van der Waals surface area (Å²) in [5.41, 5.74) is 3.46. The topological polar surface area (TPSA) is 101 Å². The van der Waals surface area contributed by atoms with Crippen molar-refractivity contribution in [1.82, 2.24) is 14.9 Å². The zero-order valence-corrected chi connectivity index (χ0v) is 13.0. The van der Waals surface area contributed by atoms with Crippen molar-refractivity contribution in [2.45, 2.75) is 6.92 Å². The van der Waals surface area contributed by atoms with Crippen LogP contribution < -0.4 is 11.3 Å². The molecule has 0 aliphatic rings. The summed E-state index contributed by atoms with van der Waals surface area (Å²) in [6.45, 7) is 1.73. The molecule has 0 amide bonds. The molecular formula is C10H10Br2N6O. The lowest BCUT2D eigenvalue weighted by Gasteiger charge is -2.02. The van der Waals surface area contributed by atoms with Crippen LogP contribution in [0.15, 0.2) is 26.2 Å². The fourth-order valence-corrected chi connectivity index (χ4v) is 2.49. The molecule has 0 saturated heterocycles. The Bertz CT molecular complexity index is 616. The minimum absolute atomic E-state index is 0.141. The number of phenols is 1. The largest absolute Gasteiger partial charge is 0.506 e. The third-order valence-electron chi connectivity index (χ3n) is 2.28. The number of rotatable bonds is 3. The zero-order chi connectivity index (χ0) is 14.0. The Kier molecular flexibility index (Phi) is 4.05. The monoisotopic (exact) mass is 388 g/mol. The van der Waals surface area contributed by atoms with Gasteiger partial charge >= 0.3 is 0 Å². The van der Waals surface area contributed by atoms with E-state index in [0.29, 0.717) is 20.7 Å². The van der Waals surface area contributed by atoms with Crippen LogP contribution in [0.1, 0.15) is 11.4 Å². The third kappa shape index (κ3) is 3.04. The maximum Gasteiger partial charge on any atom is 0.263 e. The van der Waals surface area contributed by atoms with Crippen molar-refractivity contribution in [1.29, 1.82) is 0 Å². The van der Waals surface area contributed by atoms with Gasteiger partial charge in [0.05, 0.1) is 15.2 Å². The molecule has 1 aromatic carbocycles. The maximum atomic E-state index is 9.58. The summed E-state index contributed by atoms with van der Waals surface area (Å²) < 4.78 is 2.43. The highest BCUT2D eigenvalue weighted by atomic mass is 79.9. The number of hydrazone groups is 1. The lowest BCUT2D eigenvalue weighted by Crippen LogP contribution is -2.13. The molecule has 1 heterocycles. The minimum atomic E-state index is 0.141. The predicted molar refractivity (Wildman–Crippen MR) is 79.6 cm³/mol. The molecule has 9 heteroatoms. The van der Waals surface area contributed by atoms with Gasteiger partial charge in [0.1, 0.15) is 5.75 Å². The summed E-state index contributed by atoms with van der Waals surface area (Å²) in [6.07, 6.45) is 1.57. The molecule has 0 aliphatic carbocycles. The number of aromatic hydroxyl groups is 1. The Morgan fingerprint density at radius 1 is 1.37 bits per heavy atom. The highest BCUT2D eigenvalue weighted by molar-refractivity contribution is 9.11. The summed E-state index contributed by atoms with van der Waals surface area (Å²) in [5.74, 6) is 6.71. The lowest BCUT2D eigenvalue weighted by molar-refractivity contribution is 0.468. The first kappa shape index (κ1) is 13.8. The highest BCUT2D eigenvalue weighted by Crippen LogP contribution is 2.32. The van der Waals surface area contributed by atoms with Crippen LogP contribution in [0.3, 0.4) is 0 Å². The van der Waals surface area contributed by atoms with Crippen molar-refractivity contribution in [2.24, 2.45) is 5.10 Å². The van der Waals surface area contributed by atoms with Crippen molar-refractivity contribution in [3.63, 3.8) is 0 Å². The van der Waals surface area contributed by atoms with Gasteiger partial charge in [0, 0.05) is 0 Å². The normalized spacial score (nSPS) is 11.1. The first-order valence-electron chi connectivity index (χ1n) is 5.13. The second kappa shape index (κ2) is 5.57. The standard InChI is InChI=1S/C10H10Br2N6O/c1-5-15-17-10(18(5)13)16-14-4-6-2-7(11)9(19)8(12)3-6/h2-4,19H,13H2,1H3,(H,16,17). The molecule has 0 atom stereocenters. The van der Waals surface area contributed by atoms with Crippen LogP contribution in [0.4, 0.5) is 5.95 Å². The van der Waals surface area contributed by atoms with E-state index in [4.69, 9.17) is 5.84 Å². The number of nitrogens with zero attached hydrogens (tertiary/aromatic N) is 4. The number of nitrogens with one attached hydrogen (secondary N) is 1. The minimum Gasteiger partial charge on any atom is -0.506 e. The van der Waals surface area contributed by atoms with Crippen molar-refractivity contribution >= 4 is 44.0 Å². The van der Waals surface area contributed by atoms with Gasteiger partial charge in [-0.15, -0.1) is 10.2 Å². The second-order valence-electron chi connectivity index (χ2n) is 3.64. The van der Waals surface area contributed by atoms with E-state index < -0.39 is 0 Å². The Balaban J connectivity index is 2.13. The predicted octanol–water partition coefficient (Wildman–Crippen LogP) is 1.98. The summed E-state index contributed by atoms with van der Waals surface area (Å²) in [6, 6.07) is 3.45. The number of hydrogen-bond donors (Lipinski definition) is 3. The first-order chi connectivity index (χ1) is 8.99. The third-order valence-corrected chi connectivity index (χ3v) is 3.49. The van der Waals surface area contributed by atoms with Crippen LogP contribution in [0, 0.1) is 6.92 Å². The summed E-state index contributed by atoms with van der Waals surface area (Å²) in [5, 5.41) is 21.2. The molecule has 19 heavy (non-hydrogen) atoms. The number of halogens is 2. The van der Waals surface area contributed by atoms with Crippen LogP contribution in [0.25, 0.3) is 0 Å². The molecule has 100 valence electrons. The van der Waals surface area contributed by atoms with E-state index in [1.165, 1.54) is 4.68 Å². The van der Waals surface area contributed by atoms with Crippen molar-refractivity contribution in [3.8, 4) is 5.75 Å². The second-order valence-corrected chi connectivity index (χ2v) is 5.35. The molecule has 1 aromatic heterocycles. The van der Waals surface area contributed by atoms with Gasteiger partial charge in [-0.05, 0) is 56.5 Å². The van der Waals surface area contributed by atoms with Gasteiger partial charge < -0.3 is 10.9 Å². The van der Waals surface area contributed by atoms with Gasteiger partial charge in [0.25, 0.3) is 5.95 Å². The van der Waals surface area contributed by atoms with E-state index in [9.17, 15) is 5.11 Å². The average molecular weight is 390 g/mol. The van der Waals surface area contributed by atoms with Gasteiger partial charge in [0.15, 0.2) is 5.82 Å². The molecule has 0 spiro atoms. The Morgan fingerprint density at radius 3 is 2.53 bits per heavy atom. The molecule has 7 nitrogen and oxygen atoms in total. The Morgan fingerprint density at radius 2 is 2.00 bits per heavy atom. The van der Waals surface area contributed by atoms with Gasteiger partial charge in [-0.3, -0.25) is 0 Å². The van der Waals surface area contributed by atoms with Crippen LogP contribution in [-0.2, 0) is 0 Å². The lowest BCUT2D eigenvalue weighted by atomic mass is 10.2.